The average Bonchev–Trinajstić information content (AvgIpc) is 3.30. The number of aryl methyl sites for hydroxylation is 2. The van der Waals surface area contributed by atoms with Crippen molar-refractivity contribution in [3.05, 3.63) is 77.2 Å². The van der Waals surface area contributed by atoms with Crippen LogP contribution in [0.25, 0.3) is 16.7 Å². The predicted molar refractivity (Wildman–Crippen MR) is 151 cm³/mol. The SMILES string of the molecule is Cc1ccc(Cc2nc(N3CCN(C(=O)C4CCCCC4)CC3)c3c(C)nn(-c4ccccc4)c3n2)cc1. The Hall–Kier alpha value is -3.74. The molecule has 4 aromatic rings. The molecule has 1 aliphatic carbocycles. The topological polar surface area (TPSA) is 67.2 Å². The van der Waals surface area contributed by atoms with Gasteiger partial charge in [-0.1, -0.05) is 67.3 Å². The van der Waals surface area contributed by atoms with Gasteiger partial charge in [-0.2, -0.15) is 5.10 Å². The minimum Gasteiger partial charge on any atom is -0.352 e. The number of hydrogen-bond acceptors (Lipinski definition) is 5. The minimum absolute atomic E-state index is 0.216. The molecule has 6 rings (SSSR count). The number of benzene rings is 2. The number of aromatic nitrogens is 4. The maximum Gasteiger partial charge on any atom is 0.225 e. The van der Waals surface area contributed by atoms with Crippen molar-refractivity contribution in [1.82, 2.24) is 24.6 Å². The number of hydrogen-bond donors (Lipinski definition) is 0. The quantitative estimate of drug-likeness (QED) is 0.368. The first kappa shape index (κ1) is 24.6. The lowest BCUT2D eigenvalue weighted by Crippen LogP contribution is -2.51. The van der Waals surface area contributed by atoms with Gasteiger partial charge in [-0.15, -0.1) is 0 Å². The van der Waals surface area contributed by atoms with Gasteiger partial charge in [0.25, 0.3) is 0 Å². The molecule has 7 nitrogen and oxygen atoms in total. The lowest BCUT2D eigenvalue weighted by molar-refractivity contribution is -0.136. The van der Waals surface area contributed by atoms with Crippen LogP contribution in [0.1, 0.15) is 54.7 Å². The summed E-state index contributed by atoms with van der Waals surface area (Å²) in [6.07, 6.45) is 6.38. The fourth-order valence-corrected chi connectivity index (χ4v) is 5.90. The molecule has 196 valence electrons. The molecule has 0 spiro atoms. The summed E-state index contributed by atoms with van der Waals surface area (Å²) in [5.41, 5.74) is 5.16. The van der Waals surface area contributed by atoms with E-state index < -0.39 is 0 Å². The van der Waals surface area contributed by atoms with Crippen molar-refractivity contribution in [3.63, 3.8) is 0 Å². The second kappa shape index (κ2) is 10.6. The second-order valence-corrected chi connectivity index (χ2v) is 10.8. The number of amides is 1. The van der Waals surface area contributed by atoms with Crippen molar-refractivity contribution in [3.8, 4) is 5.69 Å². The lowest BCUT2D eigenvalue weighted by atomic mass is 9.88. The van der Waals surface area contributed by atoms with E-state index in [0.29, 0.717) is 12.3 Å². The Labute approximate surface area is 224 Å². The van der Waals surface area contributed by atoms with Crippen molar-refractivity contribution in [2.75, 3.05) is 31.1 Å². The summed E-state index contributed by atoms with van der Waals surface area (Å²) >= 11 is 0. The summed E-state index contributed by atoms with van der Waals surface area (Å²) in [5.74, 6) is 2.29. The molecule has 2 fully saturated rings. The van der Waals surface area contributed by atoms with Crippen molar-refractivity contribution in [2.45, 2.75) is 52.4 Å². The molecule has 1 amide bonds. The zero-order valence-electron chi connectivity index (χ0n) is 22.4. The van der Waals surface area contributed by atoms with Gasteiger partial charge in [0.05, 0.1) is 16.8 Å². The number of rotatable bonds is 5. The summed E-state index contributed by atoms with van der Waals surface area (Å²) in [7, 11) is 0. The van der Waals surface area contributed by atoms with Crippen LogP contribution in [0, 0.1) is 19.8 Å². The molecule has 7 heteroatoms. The van der Waals surface area contributed by atoms with E-state index in [1.165, 1.54) is 30.4 Å². The molecule has 1 saturated heterocycles. The van der Waals surface area contributed by atoms with E-state index in [2.05, 4.69) is 53.1 Å². The van der Waals surface area contributed by atoms with Gasteiger partial charge in [-0.25, -0.2) is 14.6 Å². The molecule has 2 aliphatic rings. The Bertz CT molecular complexity index is 1410. The van der Waals surface area contributed by atoms with Crippen LogP contribution >= 0.6 is 0 Å². The number of anilines is 1. The molecular weight excluding hydrogens is 472 g/mol. The number of fused-ring (bicyclic) bond motifs is 1. The molecule has 0 unspecified atom stereocenters. The lowest BCUT2D eigenvalue weighted by Gasteiger charge is -2.38. The molecule has 0 bridgehead atoms. The van der Waals surface area contributed by atoms with Crippen molar-refractivity contribution < 1.29 is 4.79 Å². The maximum absolute atomic E-state index is 13.2. The highest BCUT2D eigenvalue weighted by atomic mass is 16.2. The summed E-state index contributed by atoms with van der Waals surface area (Å²) in [5, 5.41) is 5.90. The van der Waals surface area contributed by atoms with Crippen LogP contribution in [0.4, 0.5) is 5.82 Å². The van der Waals surface area contributed by atoms with Gasteiger partial charge in [-0.05, 0) is 44.4 Å². The van der Waals surface area contributed by atoms with E-state index in [4.69, 9.17) is 15.1 Å². The Balaban J connectivity index is 1.34. The highest BCUT2D eigenvalue weighted by Crippen LogP contribution is 2.31. The Morgan fingerprint density at radius 2 is 1.58 bits per heavy atom. The number of piperazine rings is 1. The fourth-order valence-electron chi connectivity index (χ4n) is 5.90. The zero-order chi connectivity index (χ0) is 26.1. The number of carbonyl (C=O) groups excluding carboxylic acids is 1. The number of nitrogens with zero attached hydrogens (tertiary/aromatic N) is 6. The zero-order valence-corrected chi connectivity index (χ0v) is 22.4. The number of carbonyl (C=O) groups is 1. The first-order valence-electron chi connectivity index (χ1n) is 14.0. The monoisotopic (exact) mass is 508 g/mol. The van der Waals surface area contributed by atoms with E-state index in [1.807, 2.05) is 29.8 Å². The molecule has 0 atom stereocenters. The van der Waals surface area contributed by atoms with Gasteiger partial charge >= 0.3 is 0 Å². The highest BCUT2D eigenvalue weighted by Gasteiger charge is 2.30. The maximum atomic E-state index is 13.2. The van der Waals surface area contributed by atoms with Crippen LogP contribution in [-0.2, 0) is 11.2 Å². The van der Waals surface area contributed by atoms with Gasteiger partial charge in [-0.3, -0.25) is 4.79 Å². The average molecular weight is 509 g/mol. The second-order valence-electron chi connectivity index (χ2n) is 10.8. The summed E-state index contributed by atoms with van der Waals surface area (Å²) in [6.45, 7) is 7.15. The first-order valence-corrected chi connectivity index (χ1v) is 14.0. The van der Waals surface area contributed by atoms with Crippen LogP contribution in [0.3, 0.4) is 0 Å². The summed E-state index contributed by atoms with van der Waals surface area (Å²) in [4.78, 5) is 27.8. The summed E-state index contributed by atoms with van der Waals surface area (Å²) in [6, 6.07) is 18.7. The molecule has 2 aromatic heterocycles. The van der Waals surface area contributed by atoms with E-state index in [1.54, 1.807) is 0 Å². The third-order valence-electron chi connectivity index (χ3n) is 8.06. The van der Waals surface area contributed by atoms with Crippen LogP contribution in [0.5, 0.6) is 0 Å². The molecule has 2 aromatic carbocycles. The molecule has 38 heavy (non-hydrogen) atoms. The third kappa shape index (κ3) is 4.89. The summed E-state index contributed by atoms with van der Waals surface area (Å²) < 4.78 is 1.94. The van der Waals surface area contributed by atoms with Crippen molar-refractivity contribution >= 4 is 22.8 Å². The molecule has 1 aliphatic heterocycles. The van der Waals surface area contributed by atoms with Crippen LogP contribution in [0.15, 0.2) is 54.6 Å². The Kier molecular flexibility index (Phi) is 6.83. The predicted octanol–water partition coefficient (Wildman–Crippen LogP) is 5.25. The van der Waals surface area contributed by atoms with Gasteiger partial charge < -0.3 is 9.80 Å². The molecular formula is C31H36N6O. The third-order valence-corrected chi connectivity index (χ3v) is 8.06. The van der Waals surface area contributed by atoms with Gasteiger partial charge in [0, 0.05) is 38.5 Å². The van der Waals surface area contributed by atoms with Gasteiger partial charge in [0.1, 0.15) is 11.6 Å². The van der Waals surface area contributed by atoms with E-state index >= 15 is 0 Å². The molecule has 0 radical (unpaired) electrons. The highest BCUT2D eigenvalue weighted by molar-refractivity contribution is 5.91. The molecule has 1 saturated carbocycles. The van der Waals surface area contributed by atoms with Crippen molar-refractivity contribution in [1.29, 1.82) is 0 Å². The first-order chi connectivity index (χ1) is 18.6. The van der Waals surface area contributed by atoms with Crippen LogP contribution in [0.2, 0.25) is 0 Å². The molecule has 0 N–H and O–H groups in total. The Morgan fingerprint density at radius 1 is 0.868 bits per heavy atom. The van der Waals surface area contributed by atoms with Gasteiger partial charge in [0.15, 0.2) is 5.65 Å². The van der Waals surface area contributed by atoms with Crippen LogP contribution in [-0.4, -0.2) is 56.7 Å². The normalized spacial score (nSPS) is 16.8. The molecule has 3 heterocycles. The van der Waals surface area contributed by atoms with Crippen LogP contribution < -0.4 is 4.90 Å². The van der Waals surface area contributed by atoms with E-state index in [-0.39, 0.29) is 5.92 Å². The van der Waals surface area contributed by atoms with Gasteiger partial charge in [0.2, 0.25) is 5.91 Å². The van der Waals surface area contributed by atoms with E-state index in [9.17, 15) is 4.79 Å². The largest absolute Gasteiger partial charge is 0.352 e. The number of para-hydroxylation sites is 1. The minimum atomic E-state index is 0.216. The Morgan fingerprint density at radius 3 is 2.29 bits per heavy atom. The fraction of sp³-hybridized carbons (Fsp3) is 0.419. The smallest absolute Gasteiger partial charge is 0.225 e. The van der Waals surface area contributed by atoms with Crippen molar-refractivity contribution in [2.24, 2.45) is 5.92 Å². The van der Waals surface area contributed by atoms with E-state index in [0.717, 1.165) is 73.1 Å². The standard InChI is InChI=1S/C31H36N6O/c1-22-13-15-24(16-14-22)21-27-32-29(28-23(2)34-37(30(28)33-27)26-11-7-4-8-12-26)35-17-19-36(20-18-35)31(38)25-9-5-3-6-10-25/h4,7-8,11-16,25H,3,5-6,9-10,17-21H2,1-2H3.